The number of rotatable bonds is 6. The molecule has 2 aromatic carbocycles. The van der Waals surface area contributed by atoms with E-state index in [1.54, 1.807) is 20.3 Å². The molecule has 1 aromatic heterocycles. The van der Waals surface area contributed by atoms with Crippen molar-refractivity contribution in [2.24, 2.45) is 0 Å². The maximum atomic E-state index is 12.1. The van der Waals surface area contributed by atoms with Crippen molar-refractivity contribution in [2.75, 3.05) is 19.5 Å². The number of anilines is 1. The number of aryl methyl sites for hydroxylation is 2. The van der Waals surface area contributed by atoms with E-state index in [1.807, 2.05) is 32.0 Å². The van der Waals surface area contributed by atoms with Crippen LogP contribution < -0.4 is 20.4 Å². The Labute approximate surface area is 165 Å². The number of ether oxygens (including phenoxy) is 2. The fourth-order valence-electron chi connectivity index (χ4n) is 3.52. The molecule has 0 aliphatic heterocycles. The minimum Gasteiger partial charge on any atom is -0.493 e. The molecule has 3 rings (SSSR count). The van der Waals surface area contributed by atoms with Gasteiger partial charge in [-0.3, -0.25) is 0 Å². The minimum atomic E-state index is -0.343. The van der Waals surface area contributed by atoms with Gasteiger partial charge < -0.3 is 19.2 Å². The van der Waals surface area contributed by atoms with Crippen LogP contribution in [0.5, 0.6) is 11.5 Å². The van der Waals surface area contributed by atoms with E-state index in [0.717, 1.165) is 27.8 Å². The molecule has 0 amide bonds. The highest BCUT2D eigenvalue weighted by molar-refractivity contribution is 5.82. The van der Waals surface area contributed by atoms with E-state index in [1.165, 1.54) is 5.56 Å². The van der Waals surface area contributed by atoms with Gasteiger partial charge in [-0.15, -0.1) is 0 Å². The van der Waals surface area contributed by atoms with Crippen LogP contribution in [-0.2, 0) is 6.54 Å². The summed E-state index contributed by atoms with van der Waals surface area (Å²) >= 11 is 0. The Bertz CT molecular complexity index is 1070. The van der Waals surface area contributed by atoms with E-state index in [2.05, 4.69) is 25.2 Å². The van der Waals surface area contributed by atoms with Crippen molar-refractivity contribution < 1.29 is 13.9 Å². The number of methoxy groups -OCH3 is 2. The molecule has 0 fully saturated rings. The fourth-order valence-corrected chi connectivity index (χ4v) is 3.52. The molecule has 3 aromatic rings. The highest BCUT2D eigenvalue weighted by atomic mass is 16.5. The molecule has 1 heterocycles. The maximum Gasteiger partial charge on any atom is 0.336 e. The van der Waals surface area contributed by atoms with Crippen molar-refractivity contribution in [1.29, 1.82) is 0 Å². The van der Waals surface area contributed by atoms with Gasteiger partial charge in [-0.1, -0.05) is 13.8 Å². The van der Waals surface area contributed by atoms with Gasteiger partial charge in [0.15, 0.2) is 11.5 Å². The quantitative estimate of drug-likeness (QED) is 0.598. The summed E-state index contributed by atoms with van der Waals surface area (Å²) in [4.78, 5) is 12.1. The van der Waals surface area contributed by atoms with E-state index >= 15 is 0 Å². The van der Waals surface area contributed by atoms with Crippen LogP contribution in [0, 0.1) is 13.8 Å². The average Bonchev–Trinajstić information content (AvgIpc) is 2.65. The first-order chi connectivity index (χ1) is 13.3. The lowest BCUT2D eigenvalue weighted by Gasteiger charge is -2.16. The molecular formula is C23H27NO4. The third kappa shape index (κ3) is 3.84. The van der Waals surface area contributed by atoms with Crippen LogP contribution in [0.4, 0.5) is 5.69 Å². The molecular weight excluding hydrogens is 354 g/mol. The van der Waals surface area contributed by atoms with Crippen molar-refractivity contribution in [1.82, 2.24) is 0 Å². The SMILES string of the molecule is COc1cc(C)c(NCc2cc(=O)oc3cc(C)c(C(C)C)cc23)cc1OC. The molecule has 0 radical (unpaired) electrons. The van der Waals surface area contributed by atoms with Gasteiger partial charge in [-0.05, 0) is 60.2 Å². The van der Waals surface area contributed by atoms with E-state index < -0.39 is 0 Å². The number of hydrogen-bond donors (Lipinski definition) is 1. The molecule has 148 valence electrons. The van der Waals surface area contributed by atoms with Gasteiger partial charge in [0.1, 0.15) is 5.58 Å². The molecule has 0 atom stereocenters. The van der Waals surface area contributed by atoms with Crippen molar-refractivity contribution in [3.63, 3.8) is 0 Å². The normalized spacial score (nSPS) is 11.1. The largest absolute Gasteiger partial charge is 0.493 e. The van der Waals surface area contributed by atoms with Gasteiger partial charge in [-0.2, -0.15) is 0 Å². The van der Waals surface area contributed by atoms with Crippen molar-refractivity contribution in [3.8, 4) is 11.5 Å². The summed E-state index contributed by atoms with van der Waals surface area (Å²) in [6.07, 6.45) is 0. The fraction of sp³-hybridized carbons (Fsp3) is 0.348. The molecule has 5 heteroatoms. The zero-order valence-corrected chi connectivity index (χ0v) is 17.3. The smallest absolute Gasteiger partial charge is 0.336 e. The van der Waals surface area contributed by atoms with E-state index in [9.17, 15) is 4.79 Å². The van der Waals surface area contributed by atoms with Crippen LogP contribution in [0.15, 0.2) is 39.5 Å². The van der Waals surface area contributed by atoms with Crippen LogP contribution in [0.25, 0.3) is 11.0 Å². The lowest BCUT2D eigenvalue weighted by atomic mass is 9.95. The molecule has 0 aliphatic rings. The van der Waals surface area contributed by atoms with Crippen LogP contribution >= 0.6 is 0 Å². The van der Waals surface area contributed by atoms with Crippen LogP contribution in [0.3, 0.4) is 0 Å². The first-order valence-corrected chi connectivity index (χ1v) is 9.37. The van der Waals surface area contributed by atoms with Crippen LogP contribution in [0.2, 0.25) is 0 Å². The van der Waals surface area contributed by atoms with Gasteiger partial charge in [-0.25, -0.2) is 4.79 Å². The predicted octanol–water partition coefficient (Wildman–Crippen LogP) is 5.16. The molecule has 0 unspecified atom stereocenters. The van der Waals surface area contributed by atoms with E-state index in [-0.39, 0.29) is 5.63 Å². The monoisotopic (exact) mass is 381 g/mol. The maximum absolute atomic E-state index is 12.1. The molecule has 0 aliphatic carbocycles. The summed E-state index contributed by atoms with van der Waals surface area (Å²) in [6.45, 7) is 8.88. The Kier molecular flexibility index (Phi) is 5.63. The van der Waals surface area contributed by atoms with Gasteiger partial charge in [0.2, 0.25) is 0 Å². The Balaban J connectivity index is 2.01. The number of hydrogen-bond acceptors (Lipinski definition) is 5. The van der Waals surface area contributed by atoms with Crippen LogP contribution in [0.1, 0.15) is 42.0 Å². The molecule has 1 N–H and O–H groups in total. The van der Waals surface area contributed by atoms with Gasteiger partial charge in [0.25, 0.3) is 0 Å². The second-order valence-corrected chi connectivity index (χ2v) is 7.33. The van der Waals surface area contributed by atoms with Crippen molar-refractivity contribution in [2.45, 2.75) is 40.2 Å². The summed E-state index contributed by atoms with van der Waals surface area (Å²) < 4.78 is 16.2. The Morgan fingerprint density at radius 1 is 0.964 bits per heavy atom. The highest BCUT2D eigenvalue weighted by Crippen LogP contribution is 2.33. The van der Waals surface area contributed by atoms with Gasteiger partial charge in [0.05, 0.1) is 14.2 Å². The summed E-state index contributed by atoms with van der Waals surface area (Å²) in [7, 11) is 3.23. The number of benzene rings is 2. The zero-order chi connectivity index (χ0) is 20.4. The molecule has 0 spiro atoms. The van der Waals surface area contributed by atoms with E-state index in [4.69, 9.17) is 13.9 Å². The Morgan fingerprint density at radius 3 is 2.29 bits per heavy atom. The van der Waals surface area contributed by atoms with Gasteiger partial charge >= 0.3 is 5.63 Å². The molecule has 0 saturated heterocycles. The Hall–Kier alpha value is -2.95. The predicted molar refractivity (Wildman–Crippen MR) is 113 cm³/mol. The molecule has 5 nitrogen and oxygen atoms in total. The number of nitrogens with one attached hydrogen (secondary N) is 1. The van der Waals surface area contributed by atoms with Crippen LogP contribution in [-0.4, -0.2) is 14.2 Å². The second-order valence-electron chi connectivity index (χ2n) is 7.33. The number of fused-ring (bicyclic) bond motifs is 1. The molecule has 0 bridgehead atoms. The van der Waals surface area contributed by atoms with E-state index in [0.29, 0.717) is 29.5 Å². The summed E-state index contributed by atoms with van der Waals surface area (Å²) in [6, 6.07) is 9.49. The highest BCUT2D eigenvalue weighted by Gasteiger charge is 2.13. The summed E-state index contributed by atoms with van der Waals surface area (Å²) in [5.74, 6) is 1.74. The molecule has 0 saturated carbocycles. The summed E-state index contributed by atoms with van der Waals surface area (Å²) in [5.41, 5.74) is 5.53. The lowest BCUT2D eigenvalue weighted by molar-refractivity contribution is 0.355. The van der Waals surface area contributed by atoms with Crippen molar-refractivity contribution >= 4 is 16.7 Å². The average molecular weight is 381 g/mol. The molecule has 28 heavy (non-hydrogen) atoms. The Morgan fingerprint density at radius 2 is 1.64 bits per heavy atom. The second kappa shape index (κ2) is 7.97. The minimum absolute atomic E-state index is 0.343. The zero-order valence-electron chi connectivity index (χ0n) is 17.3. The standard InChI is InChI=1S/C23H27NO4/c1-13(2)17-10-18-16(9-23(25)28-20(18)7-14(17)3)12-24-19-11-22(27-6)21(26-5)8-15(19)4/h7-11,13,24H,12H2,1-6H3. The first kappa shape index (κ1) is 19.8. The first-order valence-electron chi connectivity index (χ1n) is 9.37. The van der Waals surface area contributed by atoms with Crippen molar-refractivity contribution in [3.05, 3.63) is 63.0 Å². The third-order valence-electron chi connectivity index (χ3n) is 5.04. The van der Waals surface area contributed by atoms with Gasteiger partial charge in [0, 0.05) is 29.8 Å². The lowest BCUT2D eigenvalue weighted by Crippen LogP contribution is -2.08. The third-order valence-corrected chi connectivity index (χ3v) is 5.04. The summed E-state index contributed by atoms with van der Waals surface area (Å²) in [5, 5.41) is 4.38. The topological polar surface area (TPSA) is 60.7 Å².